The second-order valence-corrected chi connectivity index (χ2v) is 6.49. The van der Waals surface area contributed by atoms with Crippen LogP contribution >= 0.6 is 0 Å². The lowest BCUT2D eigenvalue weighted by Crippen LogP contribution is -2.15. The van der Waals surface area contributed by atoms with Gasteiger partial charge in [-0.05, 0) is 42.0 Å². The number of rotatable bonds is 3. The van der Waals surface area contributed by atoms with E-state index >= 15 is 0 Å². The van der Waals surface area contributed by atoms with Gasteiger partial charge in [0.1, 0.15) is 5.75 Å². The average molecular weight is 270 g/mol. The first-order chi connectivity index (χ1) is 9.50. The van der Waals surface area contributed by atoms with E-state index in [-0.39, 0.29) is 11.3 Å². The van der Waals surface area contributed by atoms with Gasteiger partial charge < -0.3 is 4.74 Å². The molecule has 2 heteroatoms. The standard InChI is InChI=1S/C18H22O2/c1-11(2)18-10-16(18)12(3)17(19)15(18)9-13-6-5-7-14(8-13)20-4/h5-9,11-12,16H,10H2,1-4H3. The van der Waals surface area contributed by atoms with Gasteiger partial charge in [-0.15, -0.1) is 0 Å². The number of allylic oxidation sites excluding steroid dienone is 1. The first-order valence-corrected chi connectivity index (χ1v) is 7.41. The molecule has 2 aliphatic rings. The monoisotopic (exact) mass is 270 g/mol. The Morgan fingerprint density at radius 2 is 2.15 bits per heavy atom. The molecule has 0 radical (unpaired) electrons. The summed E-state index contributed by atoms with van der Waals surface area (Å²) in [6, 6.07) is 7.94. The highest BCUT2D eigenvalue weighted by Crippen LogP contribution is 2.71. The van der Waals surface area contributed by atoms with Gasteiger partial charge in [-0.2, -0.15) is 0 Å². The van der Waals surface area contributed by atoms with Gasteiger partial charge in [0.15, 0.2) is 5.78 Å². The van der Waals surface area contributed by atoms with Crippen LogP contribution in [0.5, 0.6) is 5.75 Å². The summed E-state index contributed by atoms with van der Waals surface area (Å²) in [7, 11) is 1.67. The molecule has 3 rings (SSSR count). The van der Waals surface area contributed by atoms with E-state index in [4.69, 9.17) is 4.74 Å². The molecule has 2 fully saturated rings. The zero-order valence-corrected chi connectivity index (χ0v) is 12.6. The minimum atomic E-state index is 0.138. The Kier molecular flexibility index (Phi) is 3.00. The molecule has 0 saturated heterocycles. The van der Waals surface area contributed by atoms with Gasteiger partial charge >= 0.3 is 0 Å². The Morgan fingerprint density at radius 3 is 2.80 bits per heavy atom. The molecular weight excluding hydrogens is 248 g/mol. The number of Topliss-reactive ketones (excluding diaryl/α,β-unsaturated/α-hetero) is 1. The van der Waals surface area contributed by atoms with E-state index < -0.39 is 0 Å². The van der Waals surface area contributed by atoms with Crippen LogP contribution in [0.15, 0.2) is 29.8 Å². The Hall–Kier alpha value is -1.57. The Balaban J connectivity index is 2.03. The summed E-state index contributed by atoms with van der Waals surface area (Å²) in [5, 5.41) is 0. The molecule has 3 atom stereocenters. The van der Waals surface area contributed by atoms with Crippen molar-refractivity contribution in [2.45, 2.75) is 27.2 Å². The molecule has 2 nitrogen and oxygen atoms in total. The smallest absolute Gasteiger partial charge is 0.162 e. The third-order valence-corrected chi connectivity index (χ3v) is 5.28. The second kappa shape index (κ2) is 4.47. The summed E-state index contributed by atoms with van der Waals surface area (Å²) in [6.45, 7) is 6.57. The van der Waals surface area contributed by atoms with Crippen molar-refractivity contribution in [1.82, 2.24) is 0 Å². The second-order valence-electron chi connectivity index (χ2n) is 6.49. The number of benzene rings is 1. The summed E-state index contributed by atoms with van der Waals surface area (Å²) in [4.78, 5) is 12.5. The van der Waals surface area contributed by atoms with E-state index in [1.54, 1.807) is 7.11 Å². The van der Waals surface area contributed by atoms with Gasteiger partial charge in [0.25, 0.3) is 0 Å². The minimum Gasteiger partial charge on any atom is -0.497 e. The zero-order chi connectivity index (χ0) is 14.5. The van der Waals surface area contributed by atoms with Crippen molar-refractivity contribution >= 4 is 11.9 Å². The zero-order valence-electron chi connectivity index (χ0n) is 12.6. The van der Waals surface area contributed by atoms with Crippen molar-refractivity contribution in [3.8, 4) is 5.75 Å². The molecule has 0 amide bonds. The Bertz CT molecular complexity index is 585. The molecule has 106 valence electrons. The lowest BCUT2D eigenvalue weighted by Gasteiger charge is -2.19. The van der Waals surface area contributed by atoms with Crippen LogP contribution in [0.4, 0.5) is 0 Å². The fraction of sp³-hybridized carbons (Fsp3) is 0.500. The summed E-state index contributed by atoms with van der Waals surface area (Å²) in [5.74, 6) is 2.46. The quantitative estimate of drug-likeness (QED) is 0.777. The van der Waals surface area contributed by atoms with E-state index in [0.29, 0.717) is 17.6 Å². The van der Waals surface area contributed by atoms with Crippen LogP contribution in [0.1, 0.15) is 32.8 Å². The molecular formula is C18H22O2. The minimum absolute atomic E-state index is 0.138. The molecule has 0 aliphatic heterocycles. The molecule has 1 aromatic rings. The first kappa shape index (κ1) is 13.4. The molecule has 20 heavy (non-hydrogen) atoms. The maximum atomic E-state index is 12.5. The number of hydrogen-bond acceptors (Lipinski definition) is 2. The van der Waals surface area contributed by atoms with Crippen LogP contribution in [-0.2, 0) is 4.79 Å². The van der Waals surface area contributed by atoms with Crippen LogP contribution < -0.4 is 4.74 Å². The largest absolute Gasteiger partial charge is 0.497 e. The highest BCUT2D eigenvalue weighted by Gasteiger charge is 2.68. The van der Waals surface area contributed by atoms with Gasteiger partial charge in [0.2, 0.25) is 0 Å². The number of carbonyl (C=O) groups is 1. The third kappa shape index (κ3) is 1.74. The third-order valence-electron chi connectivity index (χ3n) is 5.28. The van der Waals surface area contributed by atoms with Crippen LogP contribution in [0.25, 0.3) is 6.08 Å². The number of hydrogen-bond donors (Lipinski definition) is 0. The van der Waals surface area contributed by atoms with Crippen molar-refractivity contribution in [2.24, 2.45) is 23.2 Å². The summed E-state index contributed by atoms with van der Waals surface area (Å²) < 4.78 is 5.26. The average Bonchev–Trinajstić information content (AvgIpc) is 3.15. The SMILES string of the molecule is COc1cccc(C=C2C(=O)C(C)C3CC23C(C)C)c1. The molecule has 0 bridgehead atoms. The summed E-state index contributed by atoms with van der Waals surface area (Å²) >= 11 is 0. The highest BCUT2D eigenvalue weighted by atomic mass is 16.5. The highest BCUT2D eigenvalue weighted by molar-refractivity contribution is 6.06. The van der Waals surface area contributed by atoms with Gasteiger partial charge in [-0.1, -0.05) is 32.9 Å². The van der Waals surface area contributed by atoms with Crippen molar-refractivity contribution in [3.63, 3.8) is 0 Å². The van der Waals surface area contributed by atoms with Crippen molar-refractivity contribution in [2.75, 3.05) is 7.11 Å². The number of carbonyl (C=O) groups excluding carboxylic acids is 1. The molecule has 3 unspecified atom stereocenters. The molecule has 0 aromatic heterocycles. The van der Waals surface area contributed by atoms with Crippen molar-refractivity contribution in [1.29, 1.82) is 0 Å². The normalized spacial score (nSPS) is 33.6. The van der Waals surface area contributed by atoms with Crippen molar-refractivity contribution < 1.29 is 9.53 Å². The number of fused-ring (bicyclic) bond motifs is 1. The van der Waals surface area contributed by atoms with Crippen LogP contribution in [0, 0.1) is 23.2 Å². The van der Waals surface area contributed by atoms with Gasteiger partial charge in [-0.3, -0.25) is 4.79 Å². The summed E-state index contributed by atoms with van der Waals surface area (Å²) in [6.07, 6.45) is 3.27. The van der Waals surface area contributed by atoms with E-state index in [2.05, 4.69) is 26.8 Å². The molecule has 1 aromatic carbocycles. The first-order valence-electron chi connectivity index (χ1n) is 7.41. The molecule has 0 heterocycles. The van der Waals surface area contributed by atoms with E-state index in [9.17, 15) is 4.79 Å². The maximum absolute atomic E-state index is 12.5. The number of ketones is 1. The van der Waals surface area contributed by atoms with Crippen molar-refractivity contribution in [3.05, 3.63) is 35.4 Å². The predicted octanol–water partition coefficient (Wildman–Crippen LogP) is 3.96. The Morgan fingerprint density at radius 1 is 1.40 bits per heavy atom. The molecule has 0 N–H and O–H groups in total. The Labute approximate surface area is 120 Å². The molecule has 0 spiro atoms. The predicted molar refractivity (Wildman–Crippen MR) is 80.5 cm³/mol. The van der Waals surface area contributed by atoms with Gasteiger partial charge in [0, 0.05) is 16.9 Å². The van der Waals surface area contributed by atoms with Crippen LogP contribution in [0.3, 0.4) is 0 Å². The summed E-state index contributed by atoms with van der Waals surface area (Å²) in [5.41, 5.74) is 2.24. The van der Waals surface area contributed by atoms with Crippen LogP contribution in [-0.4, -0.2) is 12.9 Å². The number of methoxy groups -OCH3 is 1. The van der Waals surface area contributed by atoms with E-state index in [0.717, 1.165) is 16.9 Å². The topological polar surface area (TPSA) is 26.3 Å². The maximum Gasteiger partial charge on any atom is 0.162 e. The lowest BCUT2D eigenvalue weighted by atomic mass is 9.84. The lowest BCUT2D eigenvalue weighted by molar-refractivity contribution is -0.118. The van der Waals surface area contributed by atoms with E-state index in [1.165, 1.54) is 6.42 Å². The molecule has 2 aliphatic carbocycles. The van der Waals surface area contributed by atoms with E-state index in [1.807, 2.05) is 24.3 Å². The fourth-order valence-corrected chi connectivity index (χ4v) is 3.97. The van der Waals surface area contributed by atoms with Gasteiger partial charge in [-0.25, -0.2) is 0 Å². The van der Waals surface area contributed by atoms with Crippen LogP contribution in [0.2, 0.25) is 0 Å². The van der Waals surface area contributed by atoms with Gasteiger partial charge in [0.05, 0.1) is 7.11 Å². The fourth-order valence-electron chi connectivity index (χ4n) is 3.97. The molecule has 2 saturated carbocycles. The number of ether oxygens (including phenoxy) is 1.